The lowest BCUT2D eigenvalue weighted by atomic mass is 10.0. The van der Waals surface area contributed by atoms with Crippen LogP contribution in [0.4, 0.5) is 5.69 Å². The van der Waals surface area contributed by atoms with E-state index in [1.54, 1.807) is 30.3 Å². The van der Waals surface area contributed by atoms with Gasteiger partial charge in [0.1, 0.15) is 0 Å². The number of rotatable bonds is 2. The van der Waals surface area contributed by atoms with Gasteiger partial charge in [0.15, 0.2) is 5.78 Å². The van der Waals surface area contributed by atoms with Crippen molar-refractivity contribution in [1.29, 1.82) is 0 Å². The number of anilines is 1. The monoisotopic (exact) mass is 245 g/mol. The Bertz CT molecular complexity index is 561. The Hall–Kier alpha value is -1.80. The summed E-state index contributed by atoms with van der Waals surface area (Å²) >= 11 is 6.00. The number of halogens is 1. The van der Waals surface area contributed by atoms with Gasteiger partial charge in [-0.3, -0.25) is 4.79 Å². The SMILES string of the molecule is Cc1ccc(C(=O)c2ccc(N)cc2Cl)cc1. The quantitative estimate of drug-likeness (QED) is 0.650. The fourth-order valence-corrected chi connectivity index (χ4v) is 1.85. The second-order valence-electron chi connectivity index (χ2n) is 3.93. The molecule has 0 aromatic heterocycles. The topological polar surface area (TPSA) is 43.1 Å². The number of nitrogens with two attached hydrogens (primary N) is 1. The lowest BCUT2D eigenvalue weighted by molar-refractivity contribution is 0.103. The summed E-state index contributed by atoms with van der Waals surface area (Å²) in [5, 5.41) is 0.385. The number of ketones is 1. The van der Waals surface area contributed by atoms with E-state index in [4.69, 9.17) is 17.3 Å². The lowest BCUT2D eigenvalue weighted by Crippen LogP contribution is -2.02. The molecule has 0 aliphatic rings. The molecule has 0 aliphatic heterocycles. The molecule has 0 atom stereocenters. The molecule has 86 valence electrons. The van der Waals surface area contributed by atoms with Gasteiger partial charge in [-0.1, -0.05) is 41.4 Å². The maximum Gasteiger partial charge on any atom is 0.194 e. The fourth-order valence-electron chi connectivity index (χ4n) is 1.58. The number of benzene rings is 2. The van der Waals surface area contributed by atoms with Crippen molar-refractivity contribution in [3.63, 3.8) is 0 Å². The molecule has 0 fully saturated rings. The summed E-state index contributed by atoms with van der Waals surface area (Å²) in [4.78, 5) is 12.2. The first-order valence-corrected chi connectivity index (χ1v) is 5.62. The molecule has 0 unspecified atom stereocenters. The number of carbonyl (C=O) groups excluding carboxylic acids is 1. The van der Waals surface area contributed by atoms with Crippen LogP contribution in [0.15, 0.2) is 42.5 Å². The lowest BCUT2D eigenvalue weighted by Gasteiger charge is -2.05. The summed E-state index contributed by atoms with van der Waals surface area (Å²) in [5.41, 5.74) is 8.36. The first kappa shape index (κ1) is 11.7. The van der Waals surface area contributed by atoms with Crippen LogP contribution in [0.1, 0.15) is 21.5 Å². The first-order valence-electron chi connectivity index (χ1n) is 5.24. The zero-order chi connectivity index (χ0) is 12.4. The molecule has 0 bridgehead atoms. The van der Waals surface area contributed by atoms with Crippen LogP contribution in [0, 0.1) is 6.92 Å². The second-order valence-corrected chi connectivity index (χ2v) is 4.34. The predicted octanol–water partition coefficient (Wildman–Crippen LogP) is 3.46. The van der Waals surface area contributed by atoms with E-state index >= 15 is 0 Å². The highest BCUT2D eigenvalue weighted by Crippen LogP contribution is 2.22. The smallest absolute Gasteiger partial charge is 0.194 e. The van der Waals surface area contributed by atoms with E-state index in [2.05, 4.69) is 0 Å². The number of carbonyl (C=O) groups is 1. The summed E-state index contributed by atoms with van der Waals surface area (Å²) in [6, 6.07) is 12.3. The molecule has 2 N–H and O–H groups in total. The van der Waals surface area contributed by atoms with Crippen molar-refractivity contribution in [2.24, 2.45) is 0 Å². The molecule has 17 heavy (non-hydrogen) atoms. The molecule has 0 aliphatic carbocycles. The van der Waals surface area contributed by atoms with Crippen LogP contribution >= 0.6 is 11.6 Å². The van der Waals surface area contributed by atoms with E-state index in [1.165, 1.54) is 0 Å². The molecule has 0 spiro atoms. The Balaban J connectivity index is 2.40. The Morgan fingerprint density at radius 3 is 2.35 bits per heavy atom. The van der Waals surface area contributed by atoms with E-state index in [0.29, 0.717) is 21.8 Å². The maximum absolute atomic E-state index is 12.2. The second kappa shape index (κ2) is 4.60. The Kier molecular flexibility index (Phi) is 3.16. The van der Waals surface area contributed by atoms with Crippen molar-refractivity contribution >= 4 is 23.1 Å². The van der Waals surface area contributed by atoms with Gasteiger partial charge in [-0.05, 0) is 25.1 Å². The molecule has 2 aromatic carbocycles. The maximum atomic E-state index is 12.2. The zero-order valence-corrected chi connectivity index (χ0v) is 10.2. The number of aryl methyl sites for hydroxylation is 1. The minimum Gasteiger partial charge on any atom is -0.399 e. The molecule has 2 rings (SSSR count). The first-order chi connectivity index (χ1) is 8.08. The molecule has 2 aromatic rings. The molecule has 3 heteroatoms. The summed E-state index contributed by atoms with van der Waals surface area (Å²) < 4.78 is 0. The van der Waals surface area contributed by atoms with Crippen molar-refractivity contribution in [2.45, 2.75) is 6.92 Å². The van der Waals surface area contributed by atoms with Crippen LogP contribution < -0.4 is 5.73 Å². The van der Waals surface area contributed by atoms with Gasteiger partial charge in [0.25, 0.3) is 0 Å². The van der Waals surface area contributed by atoms with Gasteiger partial charge in [0.05, 0.1) is 5.02 Å². The van der Waals surface area contributed by atoms with Crippen molar-refractivity contribution in [2.75, 3.05) is 5.73 Å². The highest BCUT2D eigenvalue weighted by atomic mass is 35.5. The van der Waals surface area contributed by atoms with Crippen LogP contribution in [0.2, 0.25) is 5.02 Å². The average molecular weight is 246 g/mol. The molecular formula is C14H12ClNO. The highest BCUT2D eigenvalue weighted by molar-refractivity contribution is 6.35. The Morgan fingerprint density at radius 1 is 1.12 bits per heavy atom. The van der Waals surface area contributed by atoms with E-state index in [9.17, 15) is 4.79 Å². The summed E-state index contributed by atoms with van der Waals surface area (Å²) in [5.74, 6) is -0.0880. The Labute approximate surface area is 105 Å². The number of nitrogen functional groups attached to an aromatic ring is 1. The molecular weight excluding hydrogens is 234 g/mol. The minimum absolute atomic E-state index is 0.0880. The summed E-state index contributed by atoms with van der Waals surface area (Å²) in [7, 11) is 0. The summed E-state index contributed by atoms with van der Waals surface area (Å²) in [6.07, 6.45) is 0. The Morgan fingerprint density at radius 2 is 1.76 bits per heavy atom. The van der Waals surface area contributed by atoms with Crippen LogP contribution in [0.3, 0.4) is 0 Å². The van der Waals surface area contributed by atoms with Gasteiger partial charge in [-0.25, -0.2) is 0 Å². The fraction of sp³-hybridized carbons (Fsp3) is 0.0714. The third-order valence-corrected chi connectivity index (χ3v) is 2.86. The predicted molar refractivity (Wildman–Crippen MR) is 70.5 cm³/mol. The van der Waals surface area contributed by atoms with Gasteiger partial charge >= 0.3 is 0 Å². The minimum atomic E-state index is -0.0880. The highest BCUT2D eigenvalue weighted by Gasteiger charge is 2.12. The molecule has 0 saturated heterocycles. The van der Waals surface area contributed by atoms with Gasteiger partial charge in [0, 0.05) is 16.8 Å². The van der Waals surface area contributed by atoms with E-state index < -0.39 is 0 Å². The average Bonchev–Trinajstić information content (AvgIpc) is 2.29. The standard InChI is InChI=1S/C14H12ClNO/c1-9-2-4-10(5-3-9)14(17)12-7-6-11(16)8-13(12)15/h2-8H,16H2,1H3. The third-order valence-electron chi connectivity index (χ3n) is 2.55. The van der Waals surface area contributed by atoms with Crippen molar-refractivity contribution in [1.82, 2.24) is 0 Å². The van der Waals surface area contributed by atoms with Crippen molar-refractivity contribution in [3.8, 4) is 0 Å². The number of hydrogen-bond donors (Lipinski definition) is 1. The van der Waals surface area contributed by atoms with Crippen LogP contribution in [-0.4, -0.2) is 5.78 Å². The molecule has 0 heterocycles. The summed E-state index contributed by atoms with van der Waals surface area (Å²) in [6.45, 7) is 1.98. The third kappa shape index (κ3) is 2.48. The normalized spacial score (nSPS) is 10.2. The van der Waals surface area contributed by atoms with Gasteiger partial charge in [-0.2, -0.15) is 0 Å². The molecule has 0 saturated carbocycles. The van der Waals surface area contributed by atoms with Gasteiger partial charge in [-0.15, -0.1) is 0 Å². The van der Waals surface area contributed by atoms with E-state index in [0.717, 1.165) is 5.56 Å². The van der Waals surface area contributed by atoms with Crippen LogP contribution in [0.25, 0.3) is 0 Å². The molecule has 0 amide bonds. The van der Waals surface area contributed by atoms with Gasteiger partial charge < -0.3 is 5.73 Å². The van der Waals surface area contributed by atoms with Crippen molar-refractivity contribution < 1.29 is 4.79 Å². The van der Waals surface area contributed by atoms with E-state index in [1.807, 2.05) is 19.1 Å². The van der Waals surface area contributed by atoms with Crippen molar-refractivity contribution in [3.05, 3.63) is 64.2 Å². The largest absolute Gasteiger partial charge is 0.399 e. The zero-order valence-electron chi connectivity index (χ0n) is 9.41. The van der Waals surface area contributed by atoms with Gasteiger partial charge in [0.2, 0.25) is 0 Å². The van der Waals surface area contributed by atoms with E-state index in [-0.39, 0.29) is 5.78 Å². The number of hydrogen-bond acceptors (Lipinski definition) is 2. The molecule has 2 nitrogen and oxygen atoms in total. The molecule has 0 radical (unpaired) electrons. The van der Waals surface area contributed by atoms with Crippen LogP contribution in [0.5, 0.6) is 0 Å². The van der Waals surface area contributed by atoms with Crippen LogP contribution in [-0.2, 0) is 0 Å².